The van der Waals surface area contributed by atoms with Gasteiger partial charge in [0.1, 0.15) is 5.02 Å². The Labute approximate surface area is 109 Å². The van der Waals surface area contributed by atoms with Gasteiger partial charge in [-0.15, -0.1) is 0 Å². The lowest BCUT2D eigenvalue weighted by atomic mass is 10.2. The summed E-state index contributed by atoms with van der Waals surface area (Å²) >= 11 is 6.11. The summed E-state index contributed by atoms with van der Waals surface area (Å²) in [6, 6.07) is 2.35. The lowest BCUT2D eigenvalue weighted by Crippen LogP contribution is -2.21. The predicted octanol–water partition coefficient (Wildman–Crippen LogP) is 3.27. The first-order valence-electron chi connectivity index (χ1n) is 5.99. The van der Waals surface area contributed by atoms with E-state index in [4.69, 9.17) is 16.3 Å². The third-order valence-corrected chi connectivity index (χ3v) is 2.40. The van der Waals surface area contributed by atoms with E-state index in [0.717, 1.165) is 12.1 Å². The van der Waals surface area contributed by atoms with Gasteiger partial charge in [-0.25, -0.2) is 4.98 Å². The van der Waals surface area contributed by atoms with Gasteiger partial charge in [-0.2, -0.15) is 0 Å². The first-order chi connectivity index (χ1) is 7.99. The van der Waals surface area contributed by atoms with Crippen molar-refractivity contribution in [2.24, 2.45) is 5.92 Å². The van der Waals surface area contributed by atoms with Crippen LogP contribution in [0.2, 0.25) is 5.02 Å². The largest absolute Gasteiger partial charge is 0.476 e. The molecule has 0 atom stereocenters. The quantitative estimate of drug-likeness (QED) is 0.848. The van der Waals surface area contributed by atoms with Crippen molar-refractivity contribution < 1.29 is 4.74 Å². The molecule has 0 saturated heterocycles. The highest BCUT2D eigenvalue weighted by molar-refractivity contribution is 6.31. The third-order valence-electron chi connectivity index (χ3n) is 2.13. The van der Waals surface area contributed by atoms with E-state index in [9.17, 15) is 0 Å². The maximum Gasteiger partial charge on any atom is 0.232 e. The fourth-order valence-electron chi connectivity index (χ4n) is 1.24. The summed E-state index contributed by atoms with van der Waals surface area (Å²) in [7, 11) is 0. The van der Waals surface area contributed by atoms with Crippen LogP contribution in [-0.2, 0) is 6.54 Å². The smallest absolute Gasteiger partial charge is 0.232 e. The number of hydrogen-bond donors (Lipinski definition) is 1. The van der Waals surface area contributed by atoms with E-state index in [2.05, 4.69) is 38.0 Å². The van der Waals surface area contributed by atoms with Gasteiger partial charge in [0.15, 0.2) is 0 Å². The molecular formula is C13H21ClN2O. The molecule has 0 spiro atoms. The number of halogens is 1. The summed E-state index contributed by atoms with van der Waals surface area (Å²) in [6.07, 6.45) is 1.80. The van der Waals surface area contributed by atoms with Crippen molar-refractivity contribution >= 4 is 11.6 Å². The average molecular weight is 257 g/mol. The Balaban J connectivity index is 2.59. The van der Waals surface area contributed by atoms with Crippen molar-refractivity contribution in [3.05, 3.63) is 22.8 Å². The average Bonchev–Trinajstić information content (AvgIpc) is 2.24. The molecule has 4 heteroatoms. The van der Waals surface area contributed by atoms with Crippen LogP contribution in [-0.4, -0.2) is 17.6 Å². The highest BCUT2D eigenvalue weighted by atomic mass is 35.5. The molecule has 17 heavy (non-hydrogen) atoms. The van der Waals surface area contributed by atoms with Crippen LogP contribution in [0.4, 0.5) is 0 Å². The second-order valence-corrected chi connectivity index (χ2v) is 5.28. The maximum absolute atomic E-state index is 6.11. The van der Waals surface area contributed by atoms with Crippen molar-refractivity contribution in [1.82, 2.24) is 10.3 Å². The van der Waals surface area contributed by atoms with Crippen molar-refractivity contribution in [2.75, 3.05) is 6.61 Å². The Morgan fingerprint density at radius 3 is 2.59 bits per heavy atom. The molecule has 0 amide bonds. The zero-order valence-corrected chi connectivity index (χ0v) is 11.7. The van der Waals surface area contributed by atoms with Crippen LogP contribution in [0.25, 0.3) is 0 Å². The summed E-state index contributed by atoms with van der Waals surface area (Å²) in [5.74, 6) is 0.990. The molecule has 0 saturated carbocycles. The standard InChI is InChI=1S/C13H21ClN2O/c1-9(2)8-17-13-12(14)5-11(7-16-13)6-15-10(3)4/h5,7,9-10,15H,6,8H2,1-4H3. The highest BCUT2D eigenvalue weighted by Gasteiger charge is 2.06. The first-order valence-corrected chi connectivity index (χ1v) is 6.37. The Hall–Kier alpha value is -0.800. The summed E-state index contributed by atoms with van der Waals surface area (Å²) in [4.78, 5) is 4.23. The van der Waals surface area contributed by atoms with Crippen molar-refractivity contribution in [1.29, 1.82) is 0 Å². The number of hydrogen-bond acceptors (Lipinski definition) is 3. The number of ether oxygens (including phenoxy) is 1. The molecule has 0 fully saturated rings. The fraction of sp³-hybridized carbons (Fsp3) is 0.615. The zero-order chi connectivity index (χ0) is 12.8. The van der Waals surface area contributed by atoms with E-state index < -0.39 is 0 Å². The van der Waals surface area contributed by atoms with Gasteiger partial charge in [0.2, 0.25) is 5.88 Å². The number of rotatable bonds is 6. The molecule has 3 nitrogen and oxygen atoms in total. The van der Waals surface area contributed by atoms with Crippen molar-refractivity contribution in [3.8, 4) is 5.88 Å². The minimum absolute atomic E-state index is 0.450. The first kappa shape index (κ1) is 14.3. The molecule has 0 radical (unpaired) electrons. The predicted molar refractivity (Wildman–Crippen MR) is 71.6 cm³/mol. The van der Waals surface area contributed by atoms with Gasteiger partial charge >= 0.3 is 0 Å². The molecule has 0 bridgehead atoms. The van der Waals surface area contributed by atoms with E-state index in [-0.39, 0.29) is 0 Å². The molecular weight excluding hydrogens is 236 g/mol. The molecule has 0 aromatic carbocycles. The zero-order valence-electron chi connectivity index (χ0n) is 11.0. The second-order valence-electron chi connectivity index (χ2n) is 4.87. The molecule has 1 aromatic rings. The van der Waals surface area contributed by atoms with Gasteiger partial charge in [0, 0.05) is 18.8 Å². The van der Waals surface area contributed by atoms with E-state index in [1.807, 2.05) is 6.07 Å². The SMILES string of the molecule is CC(C)COc1ncc(CNC(C)C)cc1Cl. The molecule has 1 N–H and O–H groups in total. The van der Waals surface area contributed by atoms with Crippen LogP contribution in [0.3, 0.4) is 0 Å². The van der Waals surface area contributed by atoms with Crippen LogP contribution < -0.4 is 10.1 Å². The van der Waals surface area contributed by atoms with Gasteiger partial charge < -0.3 is 10.1 Å². The molecule has 0 aliphatic rings. The Kier molecular flexibility index (Phi) is 5.72. The summed E-state index contributed by atoms with van der Waals surface area (Å²) in [5.41, 5.74) is 1.07. The van der Waals surface area contributed by atoms with Crippen molar-refractivity contribution in [2.45, 2.75) is 40.3 Å². The van der Waals surface area contributed by atoms with Gasteiger partial charge in [-0.05, 0) is 17.5 Å². The Bertz CT molecular complexity index is 353. The molecule has 0 aliphatic heterocycles. The number of aromatic nitrogens is 1. The molecule has 0 unspecified atom stereocenters. The van der Waals surface area contributed by atoms with Crippen molar-refractivity contribution in [3.63, 3.8) is 0 Å². The minimum atomic E-state index is 0.450. The Morgan fingerprint density at radius 2 is 2.06 bits per heavy atom. The molecule has 96 valence electrons. The minimum Gasteiger partial charge on any atom is -0.476 e. The van der Waals surface area contributed by atoms with Gasteiger partial charge in [-0.1, -0.05) is 39.3 Å². The summed E-state index contributed by atoms with van der Waals surface area (Å²) in [6.45, 7) is 9.80. The van der Waals surface area contributed by atoms with Crippen LogP contribution in [0.1, 0.15) is 33.3 Å². The van der Waals surface area contributed by atoms with Crippen LogP contribution >= 0.6 is 11.6 Å². The van der Waals surface area contributed by atoms with E-state index in [0.29, 0.717) is 29.5 Å². The normalized spacial score (nSPS) is 11.2. The number of nitrogens with one attached hydrogen (secondary N) is 1. The third kappa shape index (κ3) is 5.37. The summed E-state index contributed by atoms with van der Waals surface area (Å²) in [5, 5.41) is 3.90. The van der Waals surface area contributed by atoms with E-state index in [1.165, 1.54) is 0 Å². The lowest BCUT2D eigenvalue weighted by Gasteiger charge is -2.11. The summed E-state index contributed by atoms with van der Waals surface area (Å²) < 4.78 is 5.52. The van der Waals surface area contributed by atoms with Crippen LogP contribution in [0.5, 0.6) is 5.88 Å². The second kappa shape index (κ2) is 6.82. The van der Waals surface area contributed by atoms with Gasteiger partial charge in [0.05, 0.1) is 6.61 Å². The monoisotopic (exact) mass is 256 g/mol. The lowest BCUT2D eigenvalue weighted by molar-refractivity contribution is 0.261. The van der Waals surface area contributed by atoms with Gasteiger partial charge in [0.25, 0.3) is 0 Å². The van der Waals surface area contributed by atoms with Crippen LogP contribution in [0, 0.1) is 5.92 Å². The molecule has 1 aromatic heterocycles. The number of pyridine rings is 1. The maximum atomic E-state index is 6.11. The van der Waals surface area contributed by atoms with E-state index >= 15 is 0 Å². The molecule has 1 heterocycles. The Morgan fingerprint density at radius 1 is 1.35 bits per heavy atom. The molecule has 0 aliphatic carbocycles. The van der Waals surface area contributed by atoms with Crippen LogP contribution in [0.15, 0.2) is 12.3 Å². The topological polar surface area (TPSA) is 34.1 Å². The van der Waals surface area contributed by atoms with E-state index in [1.54, 1.807) is 6.20 Å². The highest BCUT2D eigenvalue weighted by Crippen LogP contribution is 2.22. The fourth-order valence-corrected chi connectivity index (χ4v) is 1.48. The number of nitrogens with zero attached hydrogens (tertiary/aromatic N) is 1. The van der Waals surface area contributed by atoms with Gasteiger partial charge in [-0.3, -0.25) is 0 Å². The molecule has 1 rings (SSSR count).